The number of thiophene rings is 1. The molecule has 3 heterocycles. The smallest absolute Gasteiger partial charge is 0.267 e. The lowest BCUT2D eigenvalue weighted by Gasteiger charge is -2.18. The van der Waals surface area contributed by atoms with Gasteiger partial charge in [-0.15, -0.1) is 11.3 Å². The van der Waals surface area contributed by atoms with Crippen molar-refractivity contribution in [2.45, 2.75) is 12.3 Å². The maximum atomic E-state index is 12.4. The van der Waals surface area contributed by atoms with Crippen molar-refractivity contribution < 1.29 is 14.1 Å². The number of para-hydroxylation sites is 2. The second-order valence-electron chi connectivity index (χ2n) is 5.51. The average Bonchev–Trinajstić information content (AvgIpc) is 3.34. The van der Waals surface area contributed by atoms with Crippen molar-refractivity contribution in [1.29, 1.82) is 0 Å². The first-order valence-corrected chi connectivity index (χ1v) is 8.45. The van der Waals surface area contributed by atoms with E-state index in [0.717, 1.165) is 10.6 Å². The third-order valence-corrected chi connectivity index (χ3v) is 4.90. The molecular weight excluding hydrogens is 326 g/mol. The SMILES string of the molecule is COc1ccccc1N1CC(c2noc(-c3cccs3)n2)CC1=O. The van der Waals surface area contributed by atoms with Crippen LogP contribution in [0.2, 0.25) is 0 Å². The van der Waals surface area contributed by atoms with Crippen molar-refractivity contribution in [2.24, 2.45) is 0 Å². The van der Waals surface area contributed by atoms with E-state index in [9.17, 15) is 4.79 Å². The zero-order chi connectivity index (χ0) is 16.5. The summed E-state index contributed by atoms with van der Waals surface area (Å²) in [4.78, 5) is 19.6. The normalized spacial score (nSPS) is 17.5. The number of carbonyl (C=O) groups excluding carboxylic acids is 1. The molecule has 24 heavy (non-hydrogen) atoms. The molecule has 0 radical (unpaired) electrons. The van der Waals surface area contributed by atoms with E-state index in [1.54, 1.807) is 23.3 Å². The van der Waals surface area contributed by atoms with E-state index >= 15 is 0 Å². The van der Waals surface area contributed by atoms with Crippen molar-refractivity contribution in [2.75, 3.05) is 18.6 Å². The standard InChI is InChI=1S/C17H15N3O3S/c1-22-13-6-3-2-5-12(13)20-10-11(9-15(20)21)16-18-17(23-19-16)14-7-4-8-24-14/h2-8,11H,9-10H2,1H3. The number of carbonyl (C=O) groups is 1. The third-order valence-electron chi connectivity index (χ3n) is 4.04. The number of nitrogens with zero attached hydrogens (tertiary/aromatic N) is 3. The van der Waals surface area contributed by atoms with Gasteiger partial charge in [-0.1, -0.05) is 23.4 Å². The zero-order valence-electron chi connectivity index (χ0n) is 13.0. The number of anilines is 1. The van der Waals surface area contributed by atoms with E-state index in [0.29, 0.717) is 30.4 Å². The Labute approximate surface area is 142 Å². The molecule has 2 aromatic heterocycles. The fourth-order valence-electron chi connectivity index (χ4n) is 2.87. The van der Waals surface area contributed by atoms with Crippen LogP contribution in [-0.4, -0.2) is 29.7 Å². The fraction of sp³-hybridized carbons (Fsp3) is 0.235. The summed E-state index contributed by atoms with van der Waals surface area (Å²) in [5.74, 6) is 1.71. The lowest BCUT2D eigenvalue weighted by molar-refractivity contribution is -0.117. The number of hydrogen-bond acceptors (Lipinski definition) is 6. The maximum absolute atomic E-state index is 12.4. The number of amides is 1. The lowest BCUT2D eigenvalue weighted by Crippen LogP contribution is -2.24. The molecule has 1 atom stereocenters. The summed E-state index contributed by atoms with van der Waals surface area (Å²) < 4.78 is 10.7. The topological polar surface area (TPSA) is 68.5 Å². The molecular formula is C17H15N3O3S. The maximum Gasteiger partial charge on any atom is 0.267 e. The molecule has 0 aliphatic carbocycles. The van der Waals surface area contributed by atoms with Crippen LogP contribution < -0.4 is 9.64 Å². The van der Waals surface area contributed by atoms with E-state index in [-0.39, 0.29) is 11.8 Å². The summed E-state index contributed by atoms with van der Waals surface area (Å²) >= 11 is 1.54. The van der Waals surface area contributed by atoms with Gasteiger partial charge in [0.25, 0.3) is 5.89 Å². The van der Waals surface area contributed by atoms with Gasteiger partial charge in [0.05, 0.1) is 17.7 Å². The van der Waals surface area contributed by atoms with Crippen molar-refractivity contribution in [3.8, 4) is 16.5 Å². The van der Waals surface area contributed by atoms with Crippen molar-refractivity contribution in [1.82, 2.24) is 10.1 Å². The van der Waals surface area contributed by atoms with Gasteiger partial charge in [-0.3, -0.25) is 4.79 Å². The highest BCUT2D eigenvalue weighted by atomic mass is 32.1. The Balaban J connectivity index is 1.58. The molecule has 1 unspecified atom stereocenters. The molecule has 0 spiro atoms. The number of rotatable bonds is 4. The molecule has 1 aromatic carbocycles. The molecule has 6 nitrogen and oxygen atoms in total. The van der Waals surface area contributed by atoms with Crippen LogP contribution in [0.3, 0.4) is 0 Å². The Kier molecular flexibility index (Phi) is 3.78. The Hall–Kier alpha value is -2.67. The Morgan fingerprint density at radius 3 is 2.96 bits per heavy atom. The number of hydrogen-bond donors (Lipinski definition) is 0. The number of aromatic nitrogens is 2. The summed E-state index contributed by atoms with van der Waals surface area (Å²) in [6, 6.07) is 11.4. The van der Waals surface area contributed by atoms with Crippen molar-refractivity contribution in [3.63, 3.8) is 0 Å². The van der Waals surface area contributed by atoms with Crippen LogP contribution >= 0.6 is 11.3 Å². The quantitative estimate of drug-likeness (QED) is 0.728. The minimum absolute atomic E-state index is 0.0342. The van der Waals surface area contributed by atoms with Crippen LogP contribution in [0.4, 0.5) is 5.69 Å². The summed E-state index contributed by atoms with van der Waals surface area (Å²) in [5.41, 5.74) is 0.773. The third kappa shape index (κ3) is 2.56. The highest BCUT2D eigenvalue weighted by Crippen LogP contribution is 2.36. The van der Waals surface area contributed by atoms with Gasteiger partial charge < -0.3 is 14.2 Å². The lowest BCUT2D eigenvalue weighted by atomic mass is 10.1. The van der Waals surface area contributed by atoms with Gasteiger partial charge in [0.15, 0.2) is 5.82 Å². The van der Waals surface area contributed by atoms with Gasteiger partial charge in [0, 0.05) is 18.9 Å². The second-order valence-corrected chi connectivity index (χ2v) is 6.46. The van der Waals surface area contributed by atoms with Crippen molar-refractivity contribution in [3.05, 3.63) is 47.6 Å². The van der Waals surface area contributed by atoms with Gasteiger partial charge in [0.1, 0.15) is 5.75 Å². The number of benzene rings is 1. The molecule has 1 amide bonds. The first-order valence-electron chi connectivity index (χ1n) is 7.57. The minimum Gasteiger partial charge on any atom is -0.495 e. The largest absolute Gasteiger partial charge is 0.495 e. The Morgan fingerprint density at radius 1 is 1.29 bits per heavy atom. The van der Waals surface area contributed by atoms with Gasteiger partial charge in [-0.05, 0) is 23.6 Å². The molecule has 1 aliphatic rings. The summed E-state index contributed by atoms with van der Waals surface area (Å²) in [6.07, 6.45) is 0.363. The average molecular weight is 341 g/mol. The fourth-order valence-corrected chi connectivity index (χ4v) is 3.51. The zero-order valence-corrected chi connectivity index (χ0v) is 13.8. The van der Waals surface area contributed by atoms with E-state index in [1.165, 1.54) is 0 Å². The summed E-state index contributed by atoms with van der Waals surface area (Å²) in [7, 11) is 1.60. The second kappa shape index (κ2) is 6.09. The highest BCUT2D eigenvalue weighted by Gasteiger charge is 2.35. The Morgan fingerprint density at radius 2 is 2.17 bits per heavy atom. The first-order chi connectivity index (χ1) is 11.8. The molecule has 122 valence electrons. The molecule has 0 saturated carbocycles. The van der Waals surface area contributed by atoms with Crippen LogP contribution in [0.15, 0.2) is 46.3 Å². The molecule has 3 aromatic rings. The van der Waals surface area contributed by atoms with Crippen LogP contribution in [0.1, 0.15) is 18.2 Å². The van der Waals surface area contributed by atoms with Crippen LogP contribution in [-0.2, 0) is 4.79 Å². The van der Waals surface area contributed by atoms with Crippen molar-refractivity contribution >= 4 is 22.9 Å². The molecule has 0 N–H and O–H groups in total. The molecule has 1 fully saturated rings. The molecule has 0 bridgehead atoms. The minimum atomic E-state index is -0.0834. The number of methoxy groups -OCH3 is 1. The summed E-state index contributed by atoms with van der Waals surface area (Å²) in [6.45, 7) is 0.516. The monoisotopic (exact) mass is 341 g/mol. The predicted octanol–water partition coefficient (Wildman–Crippen LogP) is 3.33. The molecule has 1 aliphatic heterocycles. The first kappa shape index (κ1) is 14.9. The predicted molar refractivity (Wildman–Crippen MR) is 90.3 cm³/mol. The highest BCUT2D eigenvalue weighted by molar-refractivity contribution is 7.13. The molecule has 4 rings (SSSR count). The van der Waals surface area contributed by atoms with Gasteiger partial charge >= 0.3 is 0 Å². The van der Waals surface area contributed by atoms with Crippen LogP contribution in [0.5, 0.6) is 5.75 Å². The number of ether oxygens (including phenoxy) is 1. The summed E-state index contributed by atoms with van der Waals surface area (Å²) in [5, 5.41) is 6.03. The van der Waals surface area contributed by atoms with Crippen LogP contribution in [0, 0.1) is 0 Å². The molecule has 7 heteroatoms. The van der Waals surface area contributed by atoms with Gasteiger partial charge in [-0.2, -0.15) is 4.98 Å². The van der Waals surface area contributed by atoms with E-state index in [4.69, 9.17) is 9.26 Å². The van der Waals surface area contributed by atoms with E-state index in [1.807, 2.05) is 41.8 Å². The van der Waals surface area contributed by atoms with Crippen LogP contribution in [0.25, 0.3) is 10.8 Å². The molecule has 1 saturated heterocycles. The van der Waals surface area contributed by atoms with Gasteiger partial charge in [0.2, 0.25) is 5.91 Å². The van der Waals surface area contributed by atoms with Gasteiger partial charge in [-0.25, -0.2) is 0 Å². The Bertz CT molecular complexity index is 860. The van der Waals surface area contributed by atoms with E-state index < -0.39 is 0 Å². The van der Waals surface area contributed by atoms with E-state index in [2.05, 4.69) is 10.1 Å².